The average molecular weight is 260 g/mol. The van der Waals surface area contributed by atoms with Crippen molar-refractivity contribution >= 4 is 11.6 Å². The molecule has 0 aliphatic heterocycles. The molecular weight excluding hydrogens is 250 g/mol. The van der Waals surface area contributed by atoms with Crippen LogP contribution in [0.5, 0.6) is 17.2 Å². The van der Waals surface area contributed by atoms with E-state index in [4.69, 9.17) is 26.3 Å². The first-order chi connectivity index (χ1) is 8.72. The van der Waals surface area contributed by atoms with E-state index in [1.54, 1.807) is 31.4 Å². The van der Waals surface area contributed by atoms with Crippen LogP contribution in [0.2, 0.25) is 5.02 Å². The number of halogens is 1. The van der Waals surface area contributed by atoms with Crippen LogP contribution in [-0.2, 0) is 0 Å². The summed E-state index contributed by atoms with van der Waals surface area (Å²) in [6.07, 6.45) is 0. The fourth-order valence-corrected chi connectivity index (χ4v) is 1.66. The van der Waals surface area contributed by atoms with Gasteiger partial charge in [0.1, 0.15) is 23.3 Å². The zero-order chi connectivity index (χ0) is 13.0. The van der Waals surface area contributed by atoms with Gasteiger partial charge in [-0.1, -0.05) is 17.7 Å². The van der Waals surface area contributed by atoms with Crippen LogP contribution in [0.25, 0.3) is 0 Å². The molecule has 0 atom stereocenters. The van der Waals surface area contributed by atoms with E-state index in [-0.39, 0.29) is 0 Å². The lowest BCUT2D eigenvalue weighted by Gasteiger charge is -2.07. The number of benzene rings is 2. The van der Waals surface area contributed by atoms with Crippen LogP contribution in [0.4, 0.5) is 0 Å². The molecule has 0 aliphatic rings. The fourth-order valence-electron chi connectivity index (χ4n) is 1.45. The molecule has 0 aliphatic carbocycles. The van der Waals surface area contributed by atoms with Crippen molar-refractivity contribution in [1.82, 2.24) is 0 Å². The Morgan fingerprint density at radius 1 is 1.06 bits per heavy atom. The molecule has 0 saturated carbocycles. The van der Waals surface area contributed by atoms with Gasteiger partial charge in [0.25, 0.3) is 0 Å². The van der Waals surface area contributed by atoms with E-state index < -0.39 is 0 Å². The fraction of sp³-hybridized carbons (Fsp3) is 0.0714. The van der Waals surface area contributed by atoms with Gasteiger partial charge < -0.3 is 9.47 Å². The molecule has 0 unspecified atom stereocenters. The van der Waals surface area contributed by atoms with Crippen molar-refractivity contribution in [2.24, 2.45) is 0 Å². The van der Waals surface area contributed by atoms with Gasteiger partial charge >= 0.3 is 0 Å². The molecule has 90 valence electrons. The molecule has 4 heteroatoms. The van der Waals surface area contributed by atoms with Gasteiger partial charge in [-0.3, -0.25) is 0 Å². The maximum atomic E-state index is 8.78. The molecule has 0 amide bonds. The highest BCUT2D eigenvalue weighted by Gasteiger charge is 2.03. The van der Waals surface area contributed by atoms with Crippen molar-refractivity contribution in [3.8, 4) is 23.3 Å². The van der Waals surface area contributed by atoms with Crippen molar-refractivity contribution in [2.45, 2.75) is 0 Å². The van der Waals surface area contributed by atoms with E-state index in [0.29, 0.717) is 27.8 Å². The first-order valence-corrected chi connectivity index (χ1v) is 5.62. The number of ether oxygens (including phenoxy) is 2. The summed E-state index contributed by atoms with van der Waals surface area (Å²) in [6, 6.07) is 14.2. The number of methoxy groups -OCH3 is 1. The first kappa shape index (κ1) is 12.3. The normalized spacial score (nSPS) is 9.61. The summed E-state index contributed by atoms with van der Waals surface area (Å²) in [4.78, 5) is 0. The van der Waals surface area contributed by atoms with Crippen molar-refractivity contribution < 1.29 is 9.47 Å². The second-order valence-electron chi connectivity index (χ2n) is 3.53. The van der Waals surface area contributed by atoms with Crippen LogP contribution in [0.15, 0.2) is 42.5 Å². The van der Waals surface area contributed by atoms with Crippen molar-refractivity contribution in [3.63, 3.8) is 0 Å². The van der Waals surface area contributed by atoms with Crippen LogP contribution in [0, 0.1) is 11.3 Å². The predicted octanol–water partition coefficient (Wildman–Crippen LogP) is 4.01. The topological polar surface area (TPSA) is 42.2 Å². The van der Waals surface area contributed by atoms with Gasteiger partial charge in [-0.05, 0) is 24.3 Å². The summed E-state index contributed by atoms with van der Waals surface area (Å²) in [7, 11) is 1.59. The zero-order valence-corrected chi connectivity index (χ0v) is 10.4. The molecule has 0 saturated heterocycles. The van der Waals surface area contributed by atoms with Gasteiger partial charge in [0.05, 0.1) is 17.7 Å². The average Bonchev–Trinajstić information content (AvgIpc) is 2.39. The molecule has 2 aromatic carbocycles. The molecule has 3 nitrogen and oxygen atoms in total. The van der Waals surface area contributed by atoms with Gasteiger partial charge in [-0.15, -0.1) is 0 Å². The Bertz CT molecular complexity index is 605. The maximum Gasteiger partial charge on any atom is 0.131 e. The minimum absolute atomic E-state index is 0.373. The predicted molar refractivity (Wildman–Crippen MR) is 69.2 cm³/mol. The summed E-state index contributed by atoms with van der Waals surface area (Å²) in [6.45, 7) is 0. The lowest BCUT2D eigenvalue weighted by Crippen LogP contribution is -1.87. The number of nitrogens with zero attached hydrogens (tertiary/aromatic N) is 1. The first-order valence-electron chi connectivity index (χ1n) is 5.24. The maximum absolute atomic E-state index is 8.78. The molecule has 0 radical (unpaired) electrons. The molecule has 0 heterocycles. The van der Waals surface area contributed by atoms with E-state index in [1.807, 2.05) is 24.3 Å². The van der Waals surface area contributed by atoms with Gasteiger partial charge in [-0.2, -0.15) is 5.26 Å². The standard InChI is InChI=1S/C14H10ClNO2/c1-17-11-3-2-4-12(7-11)18-13-6-5-10(9-16)14(15)8-13/h2-8H,1H3. The Labute approximate surface area is 110 Å². The van der Waals surface area contributed by atoms with E-state index in [9.17, 15) is 0 Å². The Kier molecular flexibility index (Phi) is 3.71. The Hall–Kier alpha value is -2.18. The minimum Gasteiger partial charge on any atom is -0.497 e. The van der Waals surface area contributed by atoms with Crippen molar-refractivity contribution in [2.75, 3.05) is 7.11 Å². The summed E-state index contributed by atoms with van der Waals surface area (Å²) >= 11 is 5.93. The highest BCUT2D eigenvalue weighted by atomic mass is 35.5. The van der Waals surface area contributed by atoms with Gasteiger partial charge in [-0.25, -0.2) is 0 Å². The van der Waals surface area contributed by atoms with Crippen molar-refractivity contribution in [3.05, 3.63) is 53.1 Å². The number of rotatable bonds is 3. The summed E-state index contributed by atoms with van der Waals surface area (Å²) in [5, 5.41) is 9.15. The Morgan fingerprint density at radius 3 is 2.44 bits per heavy atom. The smallest absolute Gasteiger partial charge is 0.131 e. The number of hydrogen-bond donors (Lipinski definition) is 0. The third kappa shape index (κ3) is 2.73. The molecule has 2 rings (SSSR count). The van der Waals surface area contributed by atoms with Gasteiger partial charge in [0.2, 0.25) is 0 Å². The van der Waals surface area contributed by atoms with Crippen molar-refractivity contribution in [1.29, 1.82) is 5.26 Å². The van der Waals surface area contributed by atoms with E-state index in [1.165, 1.54) is 0 Å². The van der Waals surface area contributed by atoms with Gasteiger partial charge in [0.15, 0.2) is 0 Å². The molecule has 0 aromatic heterocycles. The van der Waals surface area contributed by atoms with Gasteiger partial charge in [0, 0.05) is 12.1 Å². The van der Waals surface area contributed by atoms with E-state index in [2.05, 4.69) is 0 Å². The Morgan fingerprint density at radius 2 is 1.78 bits per heavy atom. The summed E-state index contributed by atoms with van der Waals surface area (Å²) in [5.41, 5.74) is 0.426. The molecule has 0 fully saturated rings. The summed E-state index contributed by atoms with van der Waals surface area (Å²) in [5.74, 6) is 1.94. The Balaban J connectivity index is 2.23. The summed E-state index contributed by atoms with van der Waals surface area (Å²) < 4.78 is 10.7. The van der Waals surface area contributed by atoms with Crippen LogP contribution in [0.3, 0.4) is 0 Å². The molecule has 18 heavy (non-hydrogen) atoms. The highest BCUT2D eigenvalue weighted by molar-refractivity contribution is 6.31. The quantitative estimate of drug-likeness (QED) is 0.836. The third-order valence-corrected chi connectivity index (χ3v) is 2.65. The van der Waals surface area contributed by atoms with Crippen LogP contribution in [-0.4, -0.2) is 7.11 Å². The van der Waals surface area contributed by atoms with Crippen LogP contribution in [0.1, 0.15) is 5.56 Å². The zero-order valence-electron chi connectivity index (χ0n) is 9.68. The minimum atomic E-state index is 0.373. The SMILES string of the molecule is COc1cccc(Oc2ccc(C#N)c(Cl)c2)c1. The molecular formula is C14H10ClNO2. The van der Waals surface area contributed by atoms with Crippen LogP contribution < -0.4 is 9.47 Å². The molecule has 0 spiro atoms. The second-order valence-corrected chi connectivity index (χ2v) is 3.94. The third-order valence-electron chi connectivity index (χ3n) is 2.34. The monoisotopic (exact) mass is 259 g/mol. The van der Waals surface area contributed by atoms with E-state index >= 15 is 0 Å². The molecule has 2 aromatic rings. The number of hydrogen-bond acceptors (Lipinski definition) is 3. The second kappa shape index (κ2) is 5.44. The molecule has 0 N–H and O–H groups in total. The molecule has 0 bridgehead atoms. The lowest BCUT2D eigenvalue weighted by molar-refractivity contribution is 0.409. The lowest BCUT2D eigenvalue weighted by atomic mass is 10.2. The van der Waals surface area contributed by atoms with E-state index in [0.717, 1.165) is 0 Å². The number of nitriles is 1. The highest BCUT2D eigenvalue weighted by Crippen LogP contribution is 2.28. The van der Waals surface area contributed by atoms with Crippen LogP contribution >= 0.6 is 11.6 Å². The largest absolute Gasteiger partial charge is 0.497 e.